The van der Waals surface area contributed by atoms with Crippen LogP contribution in [0, 0.1) is 29.9 Å². The highest BCUT2D eigenvalue weighted by atomic mass is 79.9. The van der Waals surface area contributed by atoms with E-state index in [9.17, 15) is 8.78 Å². The standard InChI is InChI=1S/C16H12BrF2NO/c1-10-4-11(8-20)2-3-13(10)9-21-16-14(18)5-12(7-17)6-15(16)19/h2-6H,7,9H2,1H3. The van der Waals surface area contributed by atoms with E-state index in [1.54, 1.807) is 18.2 Å². The molecule has 0 spiro atoms. The lowest BCUT2D eigenvalue weighted by Crippen LogP contribution is -2.02. The second-order valence-corrected chi connectivity index (χ2v) is 5.12. The van der Waals surface area contributed by atoms with Gasteiger partial charge in [-0.2, -0.15) is 5.26 Å². The smallest absolute Gasteiger partial charge is 0.191 e. The van der Waals surface area contributed by atoms with Crippen LogP contribution in [0.15, 0.2) is 30.3 Å². The van der Waals surface area contributed by atoms with E-state index in [0.29, 0.717) is 16.5 Å². The zero-order chi connectivity index (χ0) is 15.4. The molecule has 0 aromatic heterocycles. The second kappa shape index (κ2) is 6.68. The number of rotatable bonds is 4. The summed E-state index contributed by atoms with van der Waals surface area (Å²) in [5.74, 6) is -1.84. The number of hydrogen-bond donors (Lipinski definition) is 0. The maximum atomic E-state index is 13.8. The molecule has 0 N–H and O–H groups in total. The minimum absolute atomic E-state index is 0.0407. The van der Waals surface area contributed by atoms with Gasteiger partial charge in [0.1, 0.15) is 6.61 Å². The number of aryl methyl sites for hydroxylation is 1. The second-order valence-electron chi connectivity index (χ2n) is 4.56. The lowest BCUT2D eigenvalue weighted by Gasteiger charge is -2.11. The summed E-state index contributed by atoms with van der Waals surface area (Å²) < 4.78 is 32.8. The molecule has 0 radical (unpaired) electrons. The van der Waals surface area contributed by atoms with Crippen molar-refractivity contribution in [1.82, 2.24) is 0 Å². The molecule has 5 heteroatoms. The van der Waals surface area contributed by atoms with Crippen LogP contribution in [0.1, 0.15) is 22.3 Å². The van der Waals surface area contributed by atoms with E-state index < -0.39 is 11.6 Å². The molecular formula is C16H12BrF2NO. The molecule has 0 amide bonds. The molecule has 0 unspecified atom stereocenters. The molecule has 2 aromatic carbocycles. The molecule has 0 bridgehead atoms. The summed E-state index contributed by atoms with van der Waals surface area (Å²) in [6.07, 6.45) is 0. The number of hydrogen-bond acceptors (Lipinski definition) is 2. The van der Waals surface area contributed by atoms with Crippen LogP contribution < -0.4 is 4.74 Å². The fourth-order valence-corrected chi connectivity index (χ4v) is 2.23. The van der Waals surface area contributed by atoms with Crippen LogP contribution in [0.5, 0.6) is 5.75 Å². The van der Waals surface area contributed by atoms with Crippen LogP contribution in [0.25, 0.3) is 0 Å². The molecule has 0 fully saturated rings. The molecule has 2 nitrogen and oxygen atoms in total. The third-order valence-corrected chi connectivity index (χ3v) is 3.70. The lowest BCUT2D eigenvalue weighted by atomic mass is 10.1. The first-order valence-corrected chi connectivity index (χ1v) is 7.33. The van der Waals surface area contributed by atoms with Crippen LogP contribution >= 0.6 is 15.9 Å². The Morgan fingerprint density at radius 2 is 1.86 bits per heavy atom. The molecular weight excluding hydrogens is 340 g/mol. The normalized spacial score (nSPS) is 10.2. The number of alkyl halides is 1. The number of benzene rings is 2. The van der Waals surface area contributed by atoms with Crippen molar-refractivity contribution in [2.75, 3.05) is 0 Å². The van der Waals surface area contributed by atoms with Gasteiger partial charge in [-0.15, -0.1) is 0 Å². The van der Waals surface area contributed by atoms with Gasteiger partial charge >= 0.3 is 0 Å². The molecule has 0 atom stereocenters. The fourth-order valence-electron chi connectivity index (χ4n) is 1.90. The Bertz CT molecular complexity index is 687. The van der Waals surface area contributed by atoms with E-state index >= 15 is 0 Å². The van der Waals surface area contributed by atoms with E-state index in [1.807, 2.05) is 13.0 Å². The van der Waals surface area contributed by atoms with Gasteiger partial charge < -0.3 is 4.74 Å². The number of nitrogens with zero attached hydrogens (tertiary/aromatic N) is 1. The number of ether oxygens (including phenoxy) is 1. The predicted molar refractivity (Wildman–Crippen MR) is 79.2 cm³/mol. The van der Waals surface area contributed by atoms with Crippen LogP contribution in [0.2, 0.25) is 0 Å². The molecule has 0 aliphatic heterocycles. The first-order chi connectivity index (χ1) is 10.0. The lowest BCUT2D eigenvalue weighted by molar-refractivity contribution is 0.273. The Hall–Kier alpha value is -1.93. The summed E-state index contributed by atoms with van der Waals surface area (Å²) in [7, 11) is 0. The zero-order valence-electron chi connectivity index (χ0n) is 11.3. The average molecular weight is 352 g/mol. The van der Waals surface area contributed by atoms with Crippen molar-refractivity contribution in [3.05, 3.63) is 64.2 Å². The minimum Gasteiger partial charge on any atom is -0.483 e. The van der Waals surface area contributed by atoms with E-state index in [2.05, 4.69) is 15.9 Å². The maximum absolute atomic E-state index is 13.8. The molecule has 0 heterocycles. The number of nitriles is 1. The quantitative estimate of drug-likeness (QED) is 0.753. The van der Waals surface area contributed by atoms with Gasteiger partial charge in [0.25, 0.3) is 0 Å². The highest BCUT2D eigenvalue weighted by Crippen LogP contribution is 2.25. The SMILES string of the molecule is Cc1cc(C#N)ccc1COc1c(F)cc(CBr)cc1F. The molecule has 2 rings (SSSR count). The maximum Gasteiger partial charge on any atom is 0.191 e. The van der Waals surface area contributed by atoms with Crippen molar-refractivity contribution in [2.24, 2.45) is 0 Å². The van der Waals surface area contributed by atoms with Gasteiger partial charge in [-0.25, -0.2) is 8.78 Å². The van der Waals surface area contributed by atoms with Crippen molar-refractivity contribution in [3.8, 4) is 11.8 Å². The molecule has 0 aliphatic carbocycles. The zero-order valence-corrected chi connectivity index (χ0v) is 12.9. The summed E-state index contributed by atoms with van der Waals surface area (Å²) in [5.41, 5.74) is 2.66. The van der Waals surface area contributed by atoms with Gasteiger partial charge in [-0.05, 0) is 47.9 Å². The van der Waals surface area contributed by atoms with Crippen LogP contribution in [-0.4, -0.2) is 0 Å². The Morgan fingerprint density at radius 1 is 1.19 bits per heavy atom. The van der Waals surface area contributed by atoms with Gasteiger partial charge in [-0.1, -0.05) is 22.0 Å². The summed E-state index contributed by atoms with van der Waals surface area (Å²) in [5, 5.41) is 9.17. The van der Waals surface area contributed by atoms with Gasteiger partial charge in [0.05, 0.1) is 11.6 Å². The Morgan fingerprint density at radius 3 is 2.38 bits per heavy atom. The molecule has 108 valence electrons. The van der Waals surface area contributed by atoms with Crippen molar-refractivity contribution >= 4 is 15.9 Å². The van der Waals surface area contributed by atoms with Crippen molar-refractivity contribution < 1.29 is 13.5 Å². The number of halogens is 3. The monoisotopic (exact) mass is 351 g/mol. The third-order valence-electron chi connectivity index (χ3n) is 3.06. The molecule has 0 saturated carbocycles. The van der Waals surface area contributed by atoms with Gasteiger partial charge in [0, 0.05) is 5.33 Å². The van der Waals surface area contributed by atoms with E-state index in [-0.39, 0.29) is 12.4 Å². The van der Waals surface area contributed by atoms with Crippen molar-refractivity contribution in [1.29, 1.82) is 5.26 Å². The van der Waals surface area contributed by atoms with E-state index in [4.69, 9.17) is 10.00 Å². The van der Waals surface area contributed by atoms with Crippen molar-refractivity contribution in [3.63, 3.8) is 0 Å². The molecule has 21 heavy (non-hydrogen) atoms. The van der Waals surface area contributed by atoms with Crippen LogP contribution in [-0.2, 0) is 11.9 Å². The Labute approximate surface area is 130 Å². The first-order valence-electron chi connectivity index (χ1n) is 6.21. The predicted octanol–water partition coefficient (Wildman–Crippen LogP) is 4.62. The largest absolute Gasteiger partial charge is 0.483 e. The Kier molecular flexibility index (Phi) is 4.92. The third kappa shape index (κ3) is 3.59. The minimum atomic E-state index is -0.726. The highest BCUT2D eigenvalue weighted by Gasteiger charge is 2.13. The van der Waals surface area contributed by atoms with E-state index in [0.717, 1.165) is 11.1 Å². The van der Waals surface area contributed by atoms with Crippen LogP contribution in [0.3, 0.4) is 0 Å². The summed E-state index contributed by atoms with van der Waals surface area (Å²) in [4.78, 5) is 0. The van der Waals surface area contributed by atoms with Crippen molar-refractivity contribution in [2.45, 2.75) is 18.9 Å². The van der Waals surface area contributed by atoms with Crippen LogP contribution in [0.4, 0.5) is 8.78 Å². The Balaban J connectivity index is 2.19. The summed E-state index contributed by atoms with van der Waals surface area (Å²) >= 11 is 3.15. The van der Waals surface area contributed by atoms with E-state index in [1.165, 1.54) is 12.1 Å². The topological polar surface area (TPSA) is 33.0 Å². The average Bonchev–Trinajstić information content (AvgIpc) is 2.47. The molecule has 0 saturated heterocycles. The molecule has 0 aliphatic rings. The highest BCUT2D eigenvalue weighted by molar-refractivity contribution is 9.08. The van der Waals surface area contributed by atoms with Gasteiger partial charge in [-0.3, -0.25) is 0 Å². The molecule has 2 aromatic rings. The van der Waals surface area contributed by atoms with Gasteiger partial charge in [0.2, 0.25) is 0 Å². The summed E-state index contributed by atoms with van der Waals surface area (Å²) in [6, 6.07) is 9.58. The first kappa shape index (κ1) is 15.5. The van der Waals surface area contributed by atoms with Gasteiger partial charge in [0.15, 0.2) is 17.4 Å². The summed E-state index contributed by atoms with van der Waals surface area (Å²) in [6.45, 7) is 1.86. The fraction of sp³-hybridized carbons (Fsp3) is 0.188.